The number of carbonyl (C=O) groups is 1. The molecule has 1 aromatic rings. The average molecular weight is 352 g/mol. The van der Waals surface area contributed by atoms with Gasteiger partial charge in [0.25, 0.3) is 0 Å². The fourth-order valence-electron chi connectivity index (χ4n) is 3.88. The Balaban J connectivity index is 0.00000208. The van der Waals surface area contributed by atoms with Crippen LogP contribution in [0.5, 0.6) is 0 Å². The van der Waals surface area contributed by atoms with Crippen molar-refractivity contribution in [1.29, 1.82) is 0 Å². The Labute approximate surface area is 151 Å². The number of nitrogens with two attached hydrogens (primary N) is 1. The molecule has 2 heterocycles. The highest BCUT2D eigenvalue weighted by molar-refractivity contribution is 5.85. The van der Waals surface area contributed by atoms with E-state index in [-0.39, 0.29) is 30.4 Å². The van der Waals surface area contributed by atoms with E-state index < -0.39 is 0 Å². The van der Waals surface area contributed by atoms with E-state index >= 15 is 0 Å². The van der Waals surface area contributed by atoms with Crippen molar-refractivity contribution in [1.82, 2.24) is 9.80 Å². The molecule has 0 radical (unpaired) electrons. The van der Waals surface area contributed by atoms with Gasteiger partial charge in [-0.05, 0) is 31.2 Å². The molecule has 3 rings (SSSR count). The van der Waals surface area contributed by atoms with Crippen LogP contribution in [0.3, 0.4) is 0 Å². The highest BCUT2D eigenvalue weighted by atomic mass is 35.5. The summed E-state index contributed by atoms with van der Waals surface area (Å²) in [5.74, 6) is 1.35. The smallest absolute Gasteiger partial charge is 0.239 e. The van der Waals surface area contributed by atoms with E-state index in [2.05, 4.69) is 36.1 Å². The van der Waals surface area contributed by atoms with Gasteiger partial charge >= 0.3 is 0 Å². The van der Waals surface area contributed by atoms with Crippen LogP contribution < -0.4 is 5.73 Å². The molecule has 0 bridgehead atoms. The number of nitrogens with zero attached hydrogens (tertiary/aromatic N) is 2. The molecule has 0 saturated carbocycles. The quantitative estimate of drug-likeness (QED) is 0.910. The third-order valence-electron chi connectivity index (χ3n) is 5.62. The lowest BCUT2D eigenvalue weighted by molar-refractivity contribution is -0.137. The second-order valence-corrected chi connectivity index (χ2v) is 7.32. The predicted molar refractivity (Wildman–Crippen MR) is 100 cm³/mol. The van der Waals surface area contributed by atoms with E-state index in [1.54, 1.807) is 0 Å². The number of piperidine rings is 1. The standard InChI is InChI=1S/C19H29N3O.ClH/c1-14-8-10-21(11-9-14)19(23)15(2)22-12-17(18(20)13-22)16-6-4-3-5-7-16;/h3-7,14-15,17-18H,8-13,20H2,1-2H3;1H/t15?,17-,18+;/m0./s1. The van der Waals surface area contributed by atoms with E-state index in [1.165, 1.54) is 5.56 Å². The third kappa shape index (κ3) is 4.11. The SMILES string of the molecule is CC1CCN(C(=O)C(C)N2C[C@@H](N)[C@H](c3ccccc3)C2)CC1.Cl. The van der Waals surface area contributed by atoms with Gasteiger partial charge in [-0.2, -0.15) is 0 Å². The summed E-state index contributed by atoms with van der Waals surface area (Å²) in [5, 5.41) is 0. The van der Waals surface area contributed by atoms with Crippen molar-refractivity contribution in [3.8, 4) is 0 Å². The summed E-state index contributed by atoms with van der Waals surface area (Å²) in [6.45, 7) is 7.81. The molecular weight excluding hydrogens is 322 g/mol. The predicted octanol–water partition coefficient (Wildman–Crippen LogP) is 2.48. The molecule has 2 N–H and O–H groups in total. The number of rotatable bonds is 3. The van der Waals surface area contributed by atoms with Crippen LogP contribution in [0.2, 0.25) is 0 Å². The monoisotopic (exact) mass is 351 g/mol. The number of hydrogen-bond donors (Lipinski definition) is 1. The van der Waals surface area contributed by atoms with Gasteiger partial charge in [-0.25, -0.2) is 0 Å². The zero-order chi connectivity index (χ0) is 16.4. The first-order valence-electron chi connectivity index (χ1n) is 8.89. The number of likely N-dealkylation sites (tertiary alicyclic amines) is 2. The molecule has 5 heteroatoms. The maximum absolute atomic E-state index is 12.8. The van der Waals surface area contributed by atoms with Gasteiger partial charge in [-0.3, -0.25) is 9.69 Å². The van der Waals surface area contributed by atoms with Crippen LogP contribution in [0.1, 0.15) is 38.2 Å². The number of hydrogen-bond acceptors (Lipinski definition) is 3. The summed E-state index contributed by atoms with van der Waals surface area (Å²) in [6.07, 6.45) is 2.26. The molecule has 2 aliphatic rings. The molecule has 24 heavy (non-hydrogen) atoms. The molecule has 2 aliphatic heterocycles. The molecule has 4 nitrogen and oxygen atoms in total. The molecule has 2 fully saturated rings. The van der Waals surface area contributed by atoms with Gasteiger partial charge in [0.15, 0.2) is 0 Å². The van der Waals surface area contributed by atoms with Crippen molar-refractivity contribution < 1.29 is 4.79 Å². The largest absolute Gasteiger partial charge is 0.341 e. The highest BCUT2D eigenvalue weighted by Crippen LogP contribution is 2.28. The Bertz CT molecular complexity index is 531. The van der Waals surface area contributed by atoms with Crippen molar-refractivity contribution in [3.63, 3.8) is 0 Å². The lowest BCUT2D eigenvalue weighted by atomic mass is 9.95. The second kappa shape index (κ2) is 8.32. The summed E-state index contributed by atoms with van der Waals surface area (Å²) in [6, 6.07) is 10.5. The summed E-state index contributed by atoms with van der Waals surface area (Å²) < 4.78 is 0. The Kier molecular flexibility index (Phi) is 6.67. The van der Waals surface area contributed by atoms with E-state index in [0.29, 0.717) is 5.92 Å². The fraction of sp³-hybridized carbons (Fsp3) is 0.632. The number of halogens is 1. The van der Waals surface area contributed by atoms with Gasteiger partial charge in [-0.1, -0.05) is 37.3 Å². The third-order valence-corrected chi connectivity index (χ3v) is 5.62. The topological polar surface area (TPSA) is 49.6 Å². The molecule has 1 aromatic carbocycles. The number of amides is 1. The van der Waals surface area contributed by atoms with Gasteiger partial charge in [0.05, 0.1) is 6.04 Å². The lowest BCUT2D eigenvalue weighted by Gasteiger charge is -2.34. The van der Waals surface area contributed by atoms with Gasteiger partial charge in [-0.15, -0.1) is 12.4 Å². The summed E-state index contributed by atoms with van der Waals surface area (Å²) >= 11 is 0. The van der Waals surface area contributed by atoms with Crippen LogP contribution in [0, 0.1) is 5.92 Å². The summed E-state index contributed by atoms with van der Waals surface area (Å²) in [5.41, 5.74) is 7.66. The number of carbonyl (C=O) groups excluding carboxylic acids is 1. The van der Waals surface area contributed by atoms with E-state index in [0.717, 1.165) is 44.9 Å². The van der Waals surface area contributed by atoms with E-state index in [9.17, 15) is 4.79 Å². The Morgan fingerprint density at radius 1 is 1.17 bits per heavy atom. The number of benzene rings is 1. The summed E-state index contributed by atoms with van der Waals surface area (Å²) in [7, 11) is 0. The molecule has 1 amide bonds. The van der Waals surface area contributed by atoms with Crippen LogP contribution in [-0.2, 0) is 4.79 Å². The van der Waals surface area contributed by atoms with Gasteiger partial charge in [0.2, 0.25) is 5.91 Å². The lowest BCUT2D eigenvalue weighted by Crippen LogP contribution is -2.49. The fourth-order valence-corrected chi connectivity index (χ4v) is 3.88. The maximum Gasteiger partial charge on any atom is 0.239 e. The van der Waals surface area contributed by atoms with Crippen molar-refractivity contribution >= 4 is 18.3 Å². The first kappa shape index (κ1) is 19.2. The molecule has 1 unspecified atom stereocenters. The van der Waals surface area contributed by atoms with E-state index in [4.69, 9.17) is 5.73 Å². The Hall–Kier alpha value is -1.10. The molecule has 134 valence electrons. The minimum absolute atomic E-state index is 0. The van der Waals surface area contributed by atoms with Crippen LogP contribution in [0.4, 0.5) is 0 Å². The Morgan fingerprint density at radius 2 is 1.79 bits per heavy atom. The van der Waals surface area contributed by atoms with Crippen LogP contribution in [-0.4, -0.2) is 54.0 Å². The van der Waals surface area contributed by atoms with Gasteiger partial charge in [0, 0.05) is 38.1 Å². The molecule has 2 saturated heterocycles. The summed E-state index contributed by atoms with van der Waals surface area (Å²) in [4.78, 5) is 17.1. The molecule has 0 aliphatic carbocycles. The minimum Gasteiger partial charge on any atom is -0.341 e. The maximum atomic E-state index is 12.8. The van der Waals surface area contributed by atoms with Crippen molar-refractivity contribution in [3.05, 3.63) is 35.9 Å². The van der Waals surface area contributed by atoms with Crippen LogP contribution in [0.25, 0.3) is 0 Å². The average Bonchev–Trinajstić information content (AvgIpc) is 2.97. The Morgan fingerprint density at radius 3 is 2.42 bits per heavy atom. The van der Waals surface area contributed by atoms with Crippen LogP contribution >= 0.6 is 12.4 Å². The second-order valence-electron chi connectivity index (χ2n) is 7.32. The molecule has 0 aromatic heterocycles. The van der Waals surface area contributed by atoms with Gasteiger partial charge < -0.3 is 10.6 Å². The van der Waals surface area contributed by atoms with Crippen LogP contribution in [0.15, 0.2) is 30.3 Å². The molecular formula is C19H30ClN3O. The zero-order valence-electron chi connectivity index (χ0n) is 14.7. The van der Waals surface area contributed by atoms with Gasteiger partial charge in [0.1, 0.15) is 0 Å². The molecule has 0 spiro atoms. The zero-order valence-corrected chi connectivity index (χ0v) is 15.5. The van der Waals surface area contributed by atoms with Crippen molar-refractivity contribution in [2.45, 2.75) is 44.7 Å². The van der Waals surface area contributed by atoms with E-state index in [1.807, 2.05) is 17.9 Å². The first-order chi connectivity index (χ1) is 11.1. The van der Waals surface area contributed by atoms with Crippen molar-refractivity contribution in [2.75, 3.05) is 26.2 Å². The van der Waals surface area contributed by atoms with Crippen molar-refractivity contribution in [2.24, 2.45) is 11.7 Å². The highest BCUT2D eigenvalue weighted by Gasteiger charge is 2.37. The first-order valence-corrected chi connectivity index (χ1v) is 8.89. The normalized spacial score (nSPS) is 26.9. The molecule has 3 atom stereocenters. The minimum atomic E-state index is -0.0665.